The average molecular weight is 580 g/mol. The minimum atomic E-state index is -0.00354. The number of para-hydroxylation sites is 1. The molecule has 6 nitrogen and oxygen atoms in total. The molecule has 6 heteroatoms. The van der Waals surface area contributed by atoms with E-state index in [1.807, 2.05) is 23.1 Å². The average Bonchev–Trinajstić information content (AvgIpc) is 3.01. The van der Waals surface area contributed by atoms with Crippen molar-refractivity contribution in [3.63, 3.8) is 0 Å². The van der Waals surface area contributed by atoms with Crippen molar-refractivity contribution in [1.82, 2.24) is 0 Å². The van der Waals surface area contributed by atoms with Crippen LogP contribution >= 0.6 is 0 Å². The van der Waals surface area contributed by atoms with E-state index in [0.717, 1.165) is 95.3 Å². The topological polar surface area (TPSA) is 78.5 Å². The van der Waals surface area contributed by atoms with Crippen molar-refractivity contribution in [2.45, 2.75) is 136 Å². The molecule has 0 radical (unpaired) electrons. The largest absolute Gasteiger partial charge is 0.324 e. The second-order valence-corrected chi connectivity index (χ2v) is 13.5. The number of benzene rings is 1. The van der Waals surface area contributed by atoms with Gasteiger partial charge in [0.15, 0.2) is 0 Å². The molecule has 1 aromatic rings. The summed E-state index contributed by atoms with van der Waals surface area (Å²) in [7, 11) is 0. The second kappa shape index (κ2) is 16.5. The van der Waals surface area contributed by atoms with E-state index in [2.05, 4.69) is 31.4 Å². The molecule has 3 fully saturated rings. The van der Waals surface area contributed by atoms with Crippen LogP contribution in [0.2, 0.25) is 0 Å². The number of nitrogens with one attached hydrogen (secondary N) is 2. The molecule has 4 rings (SSSR count). The van der Waals surface area contributed by atoms with E-state index in [1.54, 1.807) is 0 Å². The minimum Gasteiger partial charge on any atom is -0.324 e. The Balaban J connectivity index is 1.58. The molecule has 3 aliphatic carbocycles. The number of hydrogen-bond acceptors (Lipinski definition) is 3. The summed E-state index contributed by atoms with van der Waals surface area (Å²) in [6.45, 7) is 7.12. The molecule has 234 valence electrons. The normalized spacial score (nSPS) is 25.0. The second-order valence-electron chi connectivity index (χ2n) is 13.5. The number of carbonyl (C=O) groups is 3. The summed E-state index contributed by atoms with van der Waals surface area (Å²) in [4.78, 5) is 43.1. The van der Waals surface area contributed by atoms with Crippen molar-refractivity contribution in [2.75, 3.05) is 22.1 Å². The first-order valence-corrected chi connectivity index (χ1v) is 17.5. The van der Waals surface area contributed by atoms with Gasteiger partial charge in [0.1, 0.15) is 0 Å². The molecule has 0 bridgehead atoms. The molecule has 3 amide bonds. The summed E-state index contributed by atoms with van der Waals surface area (Å²) >= 11 is 0. The molecule has 0 aromatic heterocycles. The predicted octanol–water partition coefficient (Wildman–Crippen LogP) is 9.10. The van der Waals surface area contributed by atoms with Crippen LogP contribution in [0.4, 0.5) is 17.1 Å². The van der Waals surface area contributed by atoms with E-state index < -0.39 is 0 Å². The van der Waals surface area contributed by atoms with Crippen LogP contribution in [0.5, 0.6) is 0 Å². The molecule has 3 aliphatic rings. The summed E-state index contributed by atoms with van der Waals surface area (Å²) in [6.07, 6.45) is 19.0. The smallest absolute Gasteiger partial charge is 0.230 e. The summed E-state index contributed by atoms with van der Waals surface area (Å²) in [5, 5.41) is 6.51. The van der Waals surface area contributed by atoms with Gasteiger partial charge in [-0.15, -0.1) is 0 Å². The fourth-order valence-corrected chi connectivity index (χ4v) is 7.87. The molecule has 0 unspecified atom stereocenters. The van der Waals surface area contributed by atoms with E-state index in [-0.39, 0.29) is 35.5 Å². The lowest BCUT2D eigenvalue weighted by Gasteiger charge is -2.33. The molecule has 0 aliphatic heterocycles. The fourth-order valence-electron chi connectivity index (χ4n) is 7.87. The Bertz CT molecular complexity index is 959. The Morgan fingerprint density at radius 3 is 1.55 bits per heavy atom. The number of carbonyl (C=O) groups excluding carboxylic acids is 3. The summed E-state index contributed by atoms with van der Waals surface area (Å²) in [6, 6.07) is 5.73. The van der Waals surface area contributed by atoms with E-state index in [1.165, 1.54) is 32.1 Å². The van der Waals surface area contributed by atoms with Crippen molar-refractivity contribution in [3.05, 3.63) is 18.2 Å². The summed E-state index contributed by atoms with van der Waals surface area (Å²) in [5.74, 6) is 1.69. The third-order valence-electron chi connectivity index (χ3n) is 10.3. The van der Waals surface area contributed by atoms with Gasteiger partial charge < -0.3 is 15.5 Å². The Kier molecular flexibility index (Phi) is 12.8. The lowest BCUT2D eigenvalue weighted by Crippen LogP contribution is -2.39. The molecule has 2 N–H and O–H groups in total. The van der Waals surface area contributed by atoms with Crippen LogP contribution in [0.3, 0.4) is 0 Å². The van der Waals surface area contributed by atoms with E-state index >= 15 is 0 Å². The van der Waals surface area contributed by atoms with Crippen LogP contribution < -0.4 is 15.5 Å². The van der Waals surface area contributed by atoms with Gasteiger partial charge in [0.05, 0.1) is 17.1 Å². The van der Waals surface area contributed by atoms with Crippen LogP contribution in [0, 0.1) is 29.6 Å². The highest BCUT2D eigenvalue weighted by Gasteiger charge is 2.33. The molecule has 0 spiro atoms. The van der Waals surface area contributed by atoms with Gasteiger partial charge >= 0.3 is 0 Å². The Morgan fingerprint density at radius 2 is 1.12 bits per heavy atom. The van der Waals surface area contributed by atoms with E-state index in [0.29, 0.717) is 23.6 Å². The van der Waals surface area contributed by atoms with Gasteiger partial charge in [0.2, 0.25) is 17.7 Å². The maximum absolute atomic E-state index is 14.1. The van der Waals surface area contributed by atoms with Crippen molar-refractivity contribution in [3.8, 4) is 0 Å². The number of amides is 3. The first-order valence-electron chi connectivity index (χ1n) is 17.5. The molecule has 0 atom stereocenters. The van der Waals surface area contributed by atoms with Gasteiger partial charge in [-0.25, -0.2) is 0 Å². The molecule has 1 aromatic carbocycles. The van der Waals surface area contributed by atoms with Crippen LogP contribution in [0.15, 0.2) is 18.2 Å². The molecule has 0 saturated heterocycles. The van der Waals surface area contributed by atoms with Crippen molar-refractivity contribution < 1.29 is 14.4 Å². The highest BCUT2D eigenvalue weighted by molar-refractivity contribution is 6.08. The zero-order valence-electron chi connectivity index (χ0n) is 26.7. The van der Waals surface area contributed by atoms with Crippen molar-refractivity contribution in [2.24, 2.45) is 29.6 Å². The van der Waals surface area contributed by atoms with E-state index in [9.17, 15) is 14.4 Å². The lowest BCUT2D eigenvalue weighted by atomic mass is 9.79. The predicted molar refractivity (Wildman–Crippen MR) is 174 cm³/mol. The van der Waals surface area contributed by atoms with Gasteiger partial charge in [0, 0.05) is 24.3 Å². The summed E-state index contributed by atoms with van der Waals surface area (Å²) in [5.41, 5.74) is 1.98. The van der Waals surface area contributed by atoms with Crippen LogP contribution in [-0.4, -0.2) is 24.3 Å². The number of rotatable bonds is 12. The van der Waals surface area contributed by atoms with E-state index in [4.69, 9.17) is 0 Å². The van der Waals surface area contributed by atoms with Gasteiger partial charge in [-0.05, 0) is 94.6 Å². The standard InChI is InChI=1S/C36H57N3O3/c1-4-11-26-17-21-28(22-18-26)34(40)37-31-15-10-16-32(38-35(41)29-23-19-27(12-5-2)20-24-29)33(31)39(25-6-3)36(42)30-13-8-7-9-14-30/h10,15-16,26-30H,4-9,11-14,17-25H2,1-3H3,(H,37,40)(H,38,41)/t26-,27-,28+,29+. The highest BCUT2D eigenvalue weighted by atomic mass is 16.2. The molecule has 0 heterocycles. The lowest BCUT2D eigenvalue weighted by molar-refractivity contribution is -0.123. The maximum Gasteiger partial charge on any atom is 0.230 e. The zero-order chi connectivity index (χ0) is 29.9. The number of anilines is 3. The molecular formula is C36H57N3O3. The molecule has 42 heavy (non-hydrogen) atoms. The zero-order valence-corrected chi connectivity index (χ0v) is 26.7. The number of nitrogens with zero attached hydrogens (tertiary/aromatic N) is 1. The summed E-state index contributed by atoms with van der Waals surface area (Å²) < 4.78 is 0. The Morgan fingerprint density at radius 1 is 0.643 bits per heavy atom. The number of hydrogen-bond donors (Lipinski definition) is 2. The quantitative estimate of drug-likeness (QED) is 0.259. The van der Waals surface area contributed by atoms with Crippen molar-refractivity contribution in [1.29, 1.82) is 0 Å². The third-order valence-corrected chi connectivity index (χ3v) is 10.3. The molecular weight excluding hydrogens is 522 g/mol. The highest BCUT2D eigenvalue weighted by Crippen LogP contribution is 2.40. The Hall–Kier alpha value is -2.37. The first-order chi connectivity index (χ1) is 20.4. The van der Waals surface area contributed by atoms with Gasteiger partial charge in [-0.1, -0.05) is 71.8 Å². The SMILES string of the molecule is CCCN(C(=O)C1CCCCC1)c1c(NC(=O)[C@H]2CC[C@@H](CCC)CC2)cccc1NC(=O)[C@H]1CC[C@@H](CCC)CC1. The fraction of sp³-hybridized carbons (Fsp3) is 0.750. The first kappa shape index (κ1) is 32.5. The van der Waals surface area contributed by atoms with Crippen LogP contribution in [0.1, 0.15) is 136 Å². The van der Waals surface area contributed by atoms with Crippen LogP contribution in [-0.2, 0) is 14.4 Å². The maximum atomic E-state index is 14.1. The third kappa shape index (κ3) is 8.60. The monoisotopic (exact) mass is 579 g/mol. The van der Waals surface area contributed by atoms with Crippen LogP contribution in [0.25, 0.3) is 0 Å². The van der Waals surface area contributed by atoms with Gasteiger partial charge in [0.25, 0.3) is 0 Å². The van der Waals surface area contributed by atoms with Crippen molar-refractivity contribution >= 4 is 34.8 Å². The molecule has 3 saturated carbocycles. The Labute approximate surface area is 255 Å². The van der Waals surface area contributed by atoms with Gasteiger partial charge in [-0.3, -0.25) is 14.4 Å². The van der Waals surface area contributed by atoms with Gasteiger partial charge in [-0.2, -0.15) is 0 Å². The minimum absolute atomic E-state index is 0.000274.